The molecule has 0 radical (unpaired) electrons. The molecule has 0 aliphatic rings. The van der Waals surface area contributed by atoms with E-state index in [1.807, 2.05) is 26.2 Å². The van der Waals surface area contributed by atoms with Crippen molar-refractivity contribution in [2.45, 2.75) is 38.2 Å². The zero-order chi connectivity index (χ0) is 12.2. The van der Waals surface area contributed by atoms with Crippen molar-refractivity contribution in [2.75, 3.05) is 0 Å². The molecule has 1 aromatic rings. The molecule has 1 heterocycles. The second-order valence-corrected chi connectivity index (χ2v) is 5.73. The quantitative estimate of drug-likeness (QED) is 0.873. The zero-order valence-corrected chi connectivity index (χ0v) is 11.9. The van der Waals surface area contributed by atoms with Crippen LogP contribution in [0.4, 0.5) is 4.79 Å². The zero-order valence-electron chi connectivity index (χ0n) is 9.54. The van der Waals surface area contributed by atoms with Gasteiger partial charge in [0, 0.05) is 10.7 Å². The highest BCUT2D eigenvalue weighted by molar-refractivity contribution is 9.08. The number of carbonyl (C=O) groups is 1. The number of aromatic nitrogens is 1. The summed E-state index contributed by atoms with van der Waals surface area (Å²) < 4.78 is 5.11. The highest BCUT2D eigenvalue weighted by Crippen LogP contribution is 2.12. The largest absolute Gasteiger partial charge is 0.444 e. The second kappa shape index (κ2) is 5.63. The summed E-state index contributed by atoms with van der Waals surface area (Å²) in [5.74, 6) is 0. The number of ether oxygens (including phenoxy) is 1. The van der Waals surface area contributed by atoms with E-state index in [0.29, 0.717) is 6.54 Å². The smallest absolute Gasteiger partial charge is 0.408 e. The summed E-state index contributed by atoms with van der Waals surface area (Å²) in [6, 6.07) is 0. The number of hydrogen-bond donors (Lipinski definition) is 1. The van der Waals surface area contributed by atoms with Crippen molar-refractivity contribution in [3.63, 3.8) is 0 Å². The van der Waals surface area contributed by atoms with Crippen LogP contribution < -0.4 is 5.32 Å². The van der Waals surface area contributed by atoms with Crippen LogP contribution >= 0.6 is 27.3 Å². The van der Waals surface area contributed by atoms with Gasteiger partial charge >= 0.3 is 6.09 Å². The van der Waals surface area contributed by atoms with Crippen molar-refractivity contribution < 1.29 is 9.53 Å². The second-order valence-electron chi connectivity index (χ2n) is 4.22. The van der Waals surface area contributed by atoms with Gasteiger partial charge in [0.1, 0.15) is 10.6 Å². The van der Waals surface area contributed by atoms with Gasteiger partial charge < -0.3 is 10.1 Å². The maximum absolute atomic E-state index is 11.3. The lowest BCUT2D eigenvalue weighted by Gasteiger charge is -2.19. The van der Waals surface area contributed by atoms with Crippen LogP contribution in [0.15, 0.2) is 5.38 Å². The minimum absolute atomic E-state index is 0.409. The van der Waals surface area contributed by atoms with Gasteiger partial charge in [0.15, 0.2) is 0 Å². The number of hydrogen-bond acceptors (Lipinski definition) is 4. The Labute approximate surface area is 108 Å². The molecular formula is C10H15BrN2O2S. The van der Waals surface area contributed by atoms with E-state index in [2.05, 4.69) is 26.2 Å². The third-order valence-electron chi connectivity index (χ3n) is 1.52. The van der Waals surface area contributed by atoms with Crippen LogP contribution in [0.25, 0.3) is 0 Å². The monoisotopic (exact) mass is 306 g/mol. The Morgan fingerprint density at radius 3 is 2.81 bits per heavy atom. The summed E-state index contributed by atoms with van der Waals surface area (Å²) in [6.45, 7) is 5.91. The third-order valence-corrected chi connectivity index (χ3v) is 2.99. The predicted molar refractivity (Wildman–Crippen MR) is 67.8 cm³/mol. The van der Waals surface area contributed by atoms with E-state index in [4.69, 9.17) is 4.74 Å². The minimum Gasteiger partial charge on any atom is -0.444 e. The fourth-order valence-corrected chi connectivity index (χ4v) is 2.19. The van der Waals surface area contributed by atoms with Gasteiger partial charge in [0.2, 0.25) is 0 Å². The molecule has 0 bridgehead atoms. The van der Waals surface area contributed by atoms with Crippen LogP contribution in [0, 0.1) is 0 Å². The number of amides is 1. The van der Waals surface area contributed by atoms with E-state index in [1.54, 1.807) is 0 Å². The fourth-order valence-electron chi connectivity index (χ4n) is 0.953. The SMILES string of the molecule is CC(C)(C)OC(=O)NCc1nc(CBr)cs1. The summed E-state index contributed by atoms with van der Waals surface area (Å²) >= 11 is 4.85. The van der Waals surface area contributed by atoms with Crippen molar-refractivity contribution in [1.82, 2.24) is 10.3 Å². The molecule has 4 nitrogen and oxygen atoms in total. The third kappa shape index (κ3) is 4.94. The van der Waals surface area contributed by atoms with E-state index in [9.17, 15) is 4.79 Å². The Bertz CT molecular complexity index is 360. The molecule has 0 spiro atoms. The summed E-state index contributed by atoms with van der Waals surface area (Å²) in [5.41, 5.74) is 0.513. The lowest BCUT2D eigenvalue weighted by atomic mass is 10.2. The molecule has 6 heteroatoms. The molecule has 1 amide bonds. The van der Waals surface area contributed by atoms with Crippen LogP contribution in [0.5, 0.6) is 0 Å². The summed E-state index contributed by atoms with van der Waals surface area (Å²) in [5, 5.41) is 6.23. The van der Waals surface area contributed by atoms with Gasteiger partial charge in [0.05, 0.1) is 12.2 Å². The lowest BCUT2D eigenvalue weighted by molar-refractivity contribution is 0.0523. The molecule has 0 saturated heterocycles. The highest BCUT2D eigenvalue weighted by atomic mass is 79.9. The van der Waals surface area contributed by atoms with Gasteiger partial charge in [-0.25, -0.2) is 9.78 Å². The van der Waals surface area contributed by atoms with Gasteiger partial charge in [-0.1, -0.05) is 15.9 Å². The fraction of sp³-hybridized carbons (Fsp3) is 0.600. The average molecular weight is 307 g/mol. The normalized spacial score (nSPS) is 11.2. The van der Waals surface area contributed by atoms with Gasteiger partial charge in [-0.05, 0) is 20.8 Å². The van der Waals surface area contributed by atoms with Gasteiger partial charge in [0.25, 0.3) is 0 Å². The van der Waals surface area contributed by atoms with E-state index < -0.39 is 11.7 Å². The molecule has 1 rings (SSSR count). The molecule has 0 unspecified atom stereocenters. The van der Waals surface area contributed by atoms with Crippen LogP contribution in [-0.4, -0.2) is 16.7 Å². The van der Waals surface area contributed by atoms with E-state index in [0.717, 1.165) is 16.0 Å². The Hall–Kier alpha value is -0.620. The van der Waals surface area contributed by atoms with Crippen molar-refractivity contribution in [2.24, 2.45) is 0 Å². The first kappa shape index (κ1) is 13.4. The first-order chi connectivity index (χ1) is 7.40. The Balaban J connectivity index is 2.37. The highest BCUT2D eigenvalue weighted by Gasteiger charge is 2.15. The van der Waals surface area contributed by atoms with Crippen LogP contribution in [0.3, 0.4) is 0 Å². The van der Waals surface area contributed by atoms with Crippen molar-refractivity contribution in [3.8, 4) is 0 Å². The topological polar surface area (TPSA) is 51.2 Å². The molecule has 0 saturated carbocycles. The van der Waals surface area contributed by atoms with E-state index in [-0.39, 0.29) is 0 Å². The number of nitrogens with zero attached hydrogens (tertiary/aromatic N) is 1. The predicted octanol–water partition coefficient (Wildman–Crippen LogP) is 3.06. The number of carbonyl (C=O) groups excluding carboxylic acids is 1. The van der Waals surface area contributed by atoms with Crippen LogP contribution in [0.1, 0.15) is 31.5 Å². The number of alkyl carbamates (subject to hydrolysis) is 1. The maximum atomic E-state index is 11.3. The first-order valence-electron chi connectivity index (χ1n) is 4.87. The number of nitrogens with one attached hydrogen (secondary N) is 1. The Morgan fingerprint density at radius 2 is 2.31 bits per heavy atom. The summed E-state index contributed by atoms with van der Waals surface area (Å²) in [4.78, 5) is 15.6. The van der Waals surface area contributed by atoms with Crippen LogP contribution in [-0.2, 0) is 16.6 Å². The molecule has 90 valence electrons. The molecule has 0 atom stereocenters. The maximum Gasteiger partial charge on any atom is 0.408 e. The first-order valence-corrected chi connectivity index (χ1v) is 6.87. The molecule has 1 N–H and O–H groups in total. The molecular weight excluding hydrogens is 292 g/mol. The van der Waals surface area contributed by atoms with Crippen molar-refractivity contribution in [1.29, 1.82) is 0 Å². The van der Waals surface area contributed by atoms with Crippen molar-refractivity contribution >= 4 is 33.4 Å². The molecule has 0 fully saturated rings. The molecule has 0 aliphatic heterocycles. The Kier molecular flexibility index (Phi) is 4.73. The number of alkyl halides is 1. The minimum atomic E-state index is -0.464. The van der Waals surface area contributed by atoms with Gasteiger partial charge in [-0.15, -0.1) is 11.3 Å². The van der Waals surface area contributed by atoms with E-state index >= 15 is 0 Å². The molecule has 0 aromatic carbocycles. The Morgan fingerprint density at radius 1 is 1.62 bits per heavy atom. The van der Waals surface area contributed by atoms with Gasteiger partial charge in [-0.3, -0.25) is 0 Å². The number of thiazole rings is 1. The molecule has 16 heavy (non-hydrogen) atoms. The number of halogens is 1. The number of rotatable bonds is 3. The van der Waals surface area contributed by atoms with Crippen LogP contribution in [0.2, 0.25) is 0 Å². The van der Waals surface area contributed by atoms with E-state index in [1.165, 1.54) is 11.3 Å². The van der Waals surface area contributed by atoms with Gasteiger partial charge in [-0.2, -0.15) is 0 Å². The molecule has 1 aromatic heterocycles. The lowest BCUT2D eigenvalue weighted by Crippen LogP contribution is -2.32. The summed E-state index contributed by atoms with van der Waals surface area (Å²) in [6.07, 6.45) is -0.414. The average Bonchev–Trinajstić information content (AvgIpc) is 2.59. The standard InChI is InChI=1S/C10H15BrN2O2S/c1-10(2,3)15-9(14)12-5-8-13-7(4-11)6-16-8/h6H,4-5H2,1-3H3,(H,12,14). The molecule has 0 aliphatic carbocycles. The van der Waals surface area contributed by atoms with Crippen molar-refractivity contribution in [3.05, 3.63) is 16.1 Å². The summed E-state index contributed by atoms with van der Waals surface area (Å²) in [7, 11) is 0.